The van der Waals surface area contributed by atoms with Gasteiger partial charge in [0.1, 0.15) is 5.75 Å². The minimum atomic E-state index is -3.91. The second kappa shape index (κ2) is 8.84. The number of hydrogen-bond donors (Lipinski definition) is 2. The highest BCUT2D eigenvalue weighted by atomic mass is 32.2. The zero-order valence-electron chi connectivity index (χ0n) is 15.3. The summed E-state index contributed by atoms with van der Waals surface area (Å²) in [5, 5.41) is 13.3. The van der Waals surface area contributed by atoms with Gasteiger partial charge < -0.3 is 10.1 Å². The van der Waals surface area contributed by atoms with Gasteiger partial charge in [0, 0.05) is 37.7 Å². The quantitative estimate of drug-likeness (QED) is 0.291. The van der Waals surface area contributed by atoms with Gasteiger partial charge >= 0.3 is 0 Å². The molecular weight excluding hydrogens is 398 g/mol. The number of nitro benzene ring substituents is 1. The van der Waals surface area contributed by atoms with Gasteiger partial charge in [-0.25, -0.2) is 13.1 Å². The number of nitrogens with one attached hydrogen (secondary N) is 2. The number of nitrogens with zero attached hydrogens (tertiary/aromatic N) is 1. The topological polar surface area (TPSA) is 128 Å². The monoisotopic (exact) mass is 417 g/mol. The molecule has 0 bridgehead atoms. The molecule has 3 rings (SSSR count). The van der Waals surface area contributed by atoms with Crippen molar-refractivity contribution >= 4 is 27.7 Å². The van der Waals surface area contributed by atoms with Crippen LogP contribution in [0, 0.1) is 10.1 Å². The zero-order chi connectivity index (χ0) is 20.9. The van der Waals surface area contributed by atoms with E-state index in [2.05, 4.69) is 10.0 Å². The van der Waals surface area contributed by atoms with Gasteiger partial charge in [0.2, 0.25) is 15.9 Å². The first-order valence-electron chi connectivity index (χ1n) is 8.81. The number of sulfonamides is 1. The van der Waals surface area contributed by atoms with Crippen LogP contribution in [0.25, 0.3) is 6.08 Å². The first-order valence-corrected chi connectivity index (χ1v) is 10.3. The Morgan fingerprint density at radius 2 is 2.03 bits per heavy atom. The van der Waals surface area contributed by atoms with Crippen molar-refractivity contribution in [3.63, 3.8) is 0 Å². The van der Waals surface area contributed by atoms with Crippen molar-refractivity contribution in [2.75, 3.05) is 19.7 Å². The molecule has 1 aliphatic rings. The van der Waals surface area contributed by atoms with E-state index in [1.165, 1.54) is 24.3 Å². The Labute approximate surface area is 167 Å². The summed E-state index contributed by atoms with van der Waals surface area (Å²) >= 11 is 0. The standard InChI is InChI=1S/C19H19N3O6S/c23-19(7-5-14-4-6-18-15(12-14)8-11-28-18)20-9-10-21-29(26,27)17-3-1-2-16(13-17)22(24)25/h1-7,12-13,21H,8-11H2,(H,20,23)/b7-5+. The van der Waals surface area contributed by atoms with E-state index in [1.807, 2.05) is 18.2 Å². The molecule has 0 unspecified atom stereocenters. The average molecular weight is 417 g/mol. The summed E-state index contributed by atoms with van der Waals surface area (Å²) in [7, 11) is -3.91. The van der Waals surface area contributed by atoms with Gasteiger partial charge in [-0.15, -0.1) is 0 Å². The number of ether oxygens (including phenoxy) is 1. The van der Waals surface area contributed by atoms with Crippen molar-refractivity contribution < 1.29 is 22.9 Å². The van der Waals surface area contributed by atoms with Crippen molar-refractivity contribution in [1.82, 2.24) is 10.0 Å². The molecule has 0 spiro atoms. The van der Waals surface area contributed by atoms with Crippen LogP contribution in [0.15, 0.2) is 53.4 Å². The summed E-state index contributed by atoms with van der Waals surface area (Å²) in [6, 6.07) is 10.4. The summed E-state index contributed by atoms with van der Waals surface area (Å²) in [4.78, 5) is 21.8. The number of hydrogen-bond acceptors (Lipinski definition) is 6. The largest absolute Gasteiger partial charge is 0.493 e. The van der Waals surface area contributed by atoms with Gasteiger partial charge in [-0.1, -0.05) is 12.1 Å². The molecule has 0 saturated carbocycles. The SMILES string of the molecule is O=C(/C=C/c1ccc2c(c1)CCO2)NCCNS(=O)(=O)c1cccc([N+](=O)[O-])c1. The first kappa shape index (κ1) is 20.5. The Hall–Kier alpha value is -3.24. The van der Waals surface area contributed by atoms with E-state index in [0.29, 0.717) is 6.61 Å². The molecule has 0 aromatic heterocycles. The molecular formula is C19H19N3O6S. The molecule has 0 saturated heterocycles. The summed E-state index contributed by atoms with van der Waals surface area (Å²) in [6.07, 6.45) is 3.88. The van der Waals surface area contributed by atoms with E-state index in [9.17, 15) is 23.3 Å². The van der Waals surface area contributed by atoms with Crippen LogP contribution in [-0.2, 0) is 21.2 Å². The van der Waals surface area contributed by atoms with E-state index in [0.717, 1.165) is 29.4 Å². The number of non-ortho nitro benzene ring substituents is 1. The Morgan fingerprint density at radius 1 is 1.21 bits per heavy atom. The molecule has 0 fully saturated rings. The fourth-order valence-corrected chi connectivity index (χ4v) is 3.83. The van der Waals surface area contributed by atoms with Crippen molar-refractivity contribution in [3.8, 4) is 5.75 Å². The summed E-state index contributed by atoms with van der Waals surface area (Å²) < 4.78 is 32.1. The molecule has 2 N–H and O–H groups in total. The van der Waals surface area contributed by atoms with Gasteiger partial charge in [-0.3, -0.25) is 14.9 Å². The highest BCUT2D eigenvalue weighted by Crippen LogP contribution is 2.26. The minimum absolute atomic E-state index is 0.0548. The summed E-state index contributed by atoms with van der Waals surface area (Å²) in [5.41, 5.74) is 1.66. The second-order valence-electron chi connectivity index (χ2n) is 6.24. The summed E-state index contributed by atoms with van der Waals surface area (Å²) in [5.74, 6) is 0.499. The highest BCUT2D eigenvalue weighted by Gasteiger charge is 2.17. The molecule has 0 atom stereocenters. The van der Waals surface area contributed by atoms with E-state index < -0.39 is 14.9 Å². The third-order valence-electron chi connectivity index (χ3n) is 4.20. The molecule has 0 radical (unpaired) electrons. The third kappa shape index (κ3) is 5.39. The summed E-state index contributed by atoms with van der Waals surface area (Å²) in [6.45, 7) is 0.672. The lowest BCUT2D eigenvalue weighted by Gasteiger charge is -2.07. The number of fused-ring (bicyclic) bond motifs is 1. The molecule has 2 aromatic carbocycles. The van der Waals surface area contributed by atoms with Gasteiger partial charge in [0.15, 0.2) is 0 Å². The van der Waals surface area contributed by atoms with Crippen LogP contribution >= 0.6 is 0 Å². The number of amides is 1. The number of carbonyl (C=O) groups is 1. The predicted molar refractivity (Wildman–Crippen MR) is 106 cm³/mol. The molecule has 10 heteroatoms. The van der Waals surface area contributed by atoms with Crippen LogP contribution < -0.4 is 14.8 Å². The maximum Gasteiger partial charge on any atom is 0.270 e. The maximum absolute atomic E-state index is 12.2. The Bertz CT molecular complexity index is 1070. The third-order valence-corrected chi connectivity index (χ3v) is 5.65. The number of nitro groups is 1. The van der Waals surface area contributed by atoms with Gasteiger partial charge in [0.05, 0.1) is 16.4 Å². The van der Waals surface area contributed by atoms with Crippen LogP contribution in [0.5, 0.6) is 5.75 Å². The van der Waals surface area contributed by atoms with Gasteiger partial charge in [-0.05, 0) is 35.4 Å². The van der Waals surface area contributed by atoms with Crippen molar-refractivity contribution in [3.05, 3.63) is 69.8 Å². The van der Waals surface area contributed by atoms with E-state index >= 15 is 0 Å². The van der Waals surface area contributed by atoms with Crippen LogP contribution in [0.1, 0.15) is 11.1 Å². The van der Waals surface area contributed by atoms with Crippen molar-refractivity contribution in [2.45, 2.75) is 11.3 Å². The van der Waals surface area contributed by atoms with Gasteiger partial charge in [-0.2, -0.15) is 0 Å². The van der Waals surface area contributed by atoms with Crippen molar-refractivity contribution in [2.24, 2.45) is 0 Å². The Morgan fingerprint density at radius 3 is 2.83 bits per heavy atom. The minimum Gasteiger partial charge on any atom is -0.493 e. The molecule has 2 aromatic rings. The van der Waals surface area contributed by atoms with Crippen LogP contribution in [-0.4, -0.2) is 38.9 Å². The van der Waals surface area contributed by atoms with E-state index in [4.69, 9.17) is 4.74 Å². The lowest BCUT2D eigenvalue weighted by Crippen LogP contribution is -2.34. The second-order valence-corrected chi connectivity index (χ2v) is 8.01. The molecule has 9 nitrogen and oxygen atoms in total. The number of carbonyl (C=O) groups excluding carboxylic acids is 1. The Kier molecular flexibility index (Phi) is 6.25. The van der Waals surface area contributed by atoms with E-state index in [1.54, 1.807) is 6.08 Å². The molecule has 1 heterocycles. The fraction of sp³-hybridized carbons (Fsp3) is 0.211. The molecule has 29 heavy (non-hydrogen) atoms. The average Bonchev–Trinajstić information content (AvgIpc) is 3.17. The first-order chi connectivity index (χ1) is 13.8. The fourth-order valence-electron chi connectivity index (χ4n) is 2.76. The number of rotatable bonds is 8. The van der Waals surface area contributed by atoms with Crippen molar-refractivity contribution in [1.29, 1.82) is 0 Å². The normalized spacial score (nSPS) is 13.1. The lowest BCUT2D eigenvalue weighted by atomic mass is 10.1. The lowest BCUT2D eigenvalue weighted by molar-refractivity contribution is -0.385. The molecule has 152 valence electrons. The highest BCUT2D eigenvalue weighted by molar-refractivity contribution is 7.89. The maximum atomic E-state index is 12.2. The van der Waals surface area contributed by atoms with E-state index in [-0.39, 0.29) is 29.6 Å². The van der Waals surface area contributed by atoms with Crippen LogP contribution in [0.4, 0.5) is 5.69 Å². The molecule has 0 aliphatic carbocycles. The zero-order valence-corrected chi connectivity index (χ0v) is 16.1. The van der Waals surface area contributed by atoms with Crippen LogP contribution in [0.3, 0.4) is 0 Å². The smallest absolute Gasteiger partial charge is 0.270 e. The molecule has 1 amide bonds. The predicted octanol–water partition coefficient (Wildman–Crippen LogP) is 1.64. The van der Waals surface area contributed by atoms with Crippen LogP contribution in [0.2, 0.25) is 0 Å². The Balaban J connectivity index is 1.47. The van der Waals surface area contributed by atoms with Gasteiger partial charge in [0.25, 0.3) is 5.69 Å². The number of benzene rings is 2. The molecule has 1 aliphatic heterocycles.